The van der Waals surface area contributed by atoms with Gasteiger partial charge in [-0.3, -0.25) is 4.79 Å². The maximum Gasteiger partial charge on any atom is 0.224 e. The number of nitrogens with one attached hydrogen (secondary N) is 1. The Bertz CT molecular complexity index is 876. The number of carbonyl (C=O) groups excluding carboxylic acids is 1. The number of aromatic nitrogens is 1. The maximum atomic E-state index is 12.1. The molecule has 1 heterocycles. The molecule has 0 radical (unpaired) electrons. The summed E-state index contributed by atoms with van der Waals surface area (Å²) in [5.74, 6) is 1.82. The molecule has 0 unspecified atom stereocenters. The van der Waals surface area contributed by atoms with Gasteiger partial charge in [0.1, 0.15) is 5.75 Å². The predicted octanol–water partition coefficient (Wildman–Crippen LogP) is 4.68. The second-order valence-electron chi connectivity index (χ2n) is 5.41. The van der Waals surface area contributed by atoms with Crippen LogP contribution in [0.5, 0.6) is 5.75 Å². The third-order valence-electron chi connectivity index (χ3n) is 3.58. The van der Waals surface area contributed by atoms with Gasteiger partial charge in [-0.15, -0.1) is 0 Å². The summed E-state index contributed by atoms with van der Waals surface area (Å²) < 4.78 is 11.8. The Morgan fingerprint density at radius 1 is 1.24 bits per heavy atom. The van der Waals surface area contributed by atoms with Crippen molar-refractivity contribution in [3.05, 3.63) is 65.1 Å². The summed E-state index contributed by atoms with van der Waals surface area (Å²) >= 11 is 3.43. The van der Waals surface area contributed by atoms with Crippen LogP contribution in [-0.4, -0.2) is 18.0 Å². The number of hydrogen-bond acceptors (Lipinski definition) is 4. The average molecular weight is 401 g/mol. The fourth-order valence-corrected chi connectivity index (χ4v) is 2.75. The summed E-state index contributed by atoms with van der Waals surface area (Å²) in [6, 6.07) is 15.0. The molecule has 1 N–H and O–H groups in total. The van der Waals surface area contributed by atoms with Crippen molar-refractivity contribution >= 4 is 27.5 Å². The lowest BCUT2D eigenvalue weighted by Gasteiger charge is -2.06. The molecule has 1 aromatic heterocycles. The van der Waals surface area contributed by atoms with Crippen LogP contribution in [0.15, 0.2) is 63.6 Å². The Hall–Kier alpha value is -2.60. The number of ether oxygens (including phenoxy) is 1. The lowest BCUT2D eigenvalue weighted by molar-refractivity contribution is -0.116. The van der Waals surface area contributed by atoms with Gasteiger partial charge in [-0.05, 0) is 24.3 Å². The Morgan fingerprint density at radius 2 is 2.08 bits per heavy atom. The molecule has 6 heteroatoms. The highest BCUT2D eigenvalue weighted by atomic mass is 79.9. The van der Waals surface area contributed by atoms with Crippen LogP contribution in [0, 0.1) is 0 Å². The first-order chi connectivity index (χ1) is 12.1. The number of rotatable bonds is 6. The summed E-state index contributed by atoms with van der Waals surface area (Å²) in [7, 11) is 1.59. The van der Waals surface area contributed by atoms with Gasteiger partial charge in [-0.25, -0.2) is 4.98 Å². The van der Waals surface area contributed by atoms with Gasteiger partial charge in [-0.2, -0.15) is 0 Å². The molecule has 3 rings (SSSR count). The predicted molar refractivity (Wildman–Crippen MR) is 99.6 cm³/mol. The number of aryl methyl sites for hydroxylation is 1. The normalized spacial score (nSPS) is 10.5. The molecule has 128 valence electrons. The molecule has 0 spiro atoms. The fraction of sp³-hybridized carbons (Fsp3) is 0.158. The molecule has 3 aromatic rings. The van der Waals surface area contributed by atoms with Crippen molar-refractivity contribution in [1.29, 1.82) is 0 Å². The molecule has 0 aliphatic heterocycles. The maximum absolute atomic E-state index is 12.1. The topological polar surface area (TPSA) is 64.4 Å². The van der Waals surface area contributed by atoms with Crippen molar-refractivity contribution < 1.29 is 13.9 Å². The van der Waals surface area contributed by atoms with E-state index in [0.29, 0.717) is 29.5 Å². The first kappa shape index (κ1) is 17.2. The molecule has 0 bridgehead atoms. The molecule has 5 nitrogen and oxygen atoms in total. The minimum absolute atomic E-state index is 0.101. The fourth-order valence-electron chi connectivity index (χ4n) is 2.35. The monoisotopic (exact) mass is 400 g/mol. The first-order valence-electron chi connectivity index (χ1n) is 7.78. The number of halogens is 1. The molecule has 25 heavy (non-hydrogen) atoms. The smallest absolute Gasteiger partial charge is 0.224 e. The quantitative estimate of drug-likeness (QED) is 0.651. The number of amides is 1. The molecule has 0 fully saturated rings. The summed E-state index contributed by atoms with van der Waals surface area (Å²) in [5.41, 5.74) is 1.64. The Kier molecular flexibility index (Phi) is 5.50. The molecular weight excluding hydrogens is 384 g/mol. The molecule has 0 atom stereocenters. The molecule has 0 aliphatic carbocycles. The Balaban J connectivity index is 1.57. The SMILES string of the molecule is COc1cccc(NC(=O)CCc2ncc(-c3cccc(Br)c3)o2)c1. The van der Waals surface area contributed by atoms with Gasteiger partial charge < -0.3 is 14.5 Å². The van der Waals surface area contributed by atoms with Crippen molar-refractivity contribution in [3.63, 3.8) is 0 Å². The standard InChI is InChI=1S/C19H17BrN2O3/c1-24-16-7-3-6-15(11-16)22-18(23)8-9-19-21-12-17(25-19)13-4-2-5-14(20)10-13/h2-7,10-12H,8-9H2,1H3,(H,22,23). The van der Waals surface area contributed by atoms with Crippen molar-refractivity contribution in [2.75, 3.05) is 12.4 Å². The van der Waals surface area contributed by atoms with E-state index < -0.39 is 0 Å². The Morgan fingerprint density at radius 3 is 2.88 bits per heavy atom. The molecule has 0 aliphatic rings. The van der Waals surface area contributed by atoms with E-state index >= 15 is 0 Å². The Labute approximate surface area is 154 Å². The van der Waals surface area contributed by atoms with Crippen molar-refractivity contribution in [1.82, 2.24) is 4.98 Å². The summed E-state index contributed by atoms with van der Waals surface area (Å²) in [5, 5.41) is 2.84. The van der Waals surface area contributed by atoms with E-state index in [1.807, 2.05) is 42.5 Å². The number of methoxy groups -OCH3 is 1. The number of carbonyl (C=O) groups is 1. The van der Waals surface area contributed by atoms with Crippen LogP contribution in [0.3, 0.4) is 0 Å². The van der Waals surface area contributed by atoms with E-state index in [2.05, 4.69) is 26.2 Å². The second kappa shape index (κ2) is 7.98. The first-order valence-corrected chi connectivity index (χ1v) is 8.58. The van der Waals surface area contributed by atoms with E-state index in [4.69, 9.17) is 9.15 Å². The van der Waals surface area contributed by atoms with Gasteiger partial charge in [-0.1, -0.05) is 34.1 Å². The van der Waals surface area contributed by atoms with Crippen molar-refractivity contribution in [2.24, 2.45) is 0 Å². The number of oxazole rings is 1. The zero-order valence-corrected chi connectivity index (χ0v) is 15.2. The molecule has 1 amide bonds. The summed E-state index contributed by atoms with van der Waals surface area (Å²) in [6.07, 6.45) is 2.40. The third kappa shape index (κ3) is 4.70. The molecular formula is C19H17BrN2O3. The van der Waals surface area contributed by atoms with Crippen LogP contribution in [-0.2, 0) is 11.2 Å². The lowest BCUT2D eigenvalue weighted by Crippen LogP contribution is -2.12. The number of nitrogens with zero attached hydrogens (tertiary/aromatic N) is 1. The van der Waals surface area contributed by atoms with Crippen LogP contribution in [0.4, 0.5) is 5.69 Å². The van der Waals surface area contributed by atoms with Gasteiger partial charge in [0.05, 0.1) is 13.3 Å². The van der Waals surface area contributed by atoms with Crippen molar-refractivity contribution in [2.45, 2.75) is 12.8 Å². The number of benzene rings is 2. The van der Waals surface area contributed by atoms with E-state index in [1.165, 1.54) is 0 Å². The van der Waals surface area contributed by atoms with E-state index in [0.717, 1.165) is 10.0 Å². The van der Waals surface area contributed by atoms with Gasteiger partial charge in [0, 0.05) is 34.6 Å². The van der Waals surface area contributed by atoms with Gasteiger partial charge in [0.25, 0.3) is 0 Å². The van der Waals surface area contributed by atoms with Crippen LogP contribution in [0.2, 0.25) is 0 Å². The van der Waals surface area contributed by atoms with Crippen LogP contribution in [0.25, 0.3) is 11.3 Å². The minimum Gasteiger partial charge on any atom is -0.497 e. The lowest BCUT2D eigenvalue weighted by atomic mass is 10.2. The van der Waals surface area contributed by atoms with Crippen molar-refractivity contribution in [3.8, 4) is 17.1 Å². The van der Waals surface area contributed by atoms with E-state index in [1.54, 1.807) is 19.4 Å². The zero-order chi connectivity index (χ0) is 17.6. The highest BCUT2D eigenvalue weighted by molar-refractivity contribution is 9.10. The van der Waals surface area contributed by atoms with Gasteiger partial charge in [0.15, 0.2) is 11.7 Å². The average Bonchev–Trinajstić information content (AvgIpc) is 3.09. The highest BCUT2D eigenvalue weighted by Gasteiger charge is 2.10. The largest absolute Gasteiger partial charge is 0.497 e. The van der Waals surface area contributed by atoms with Crippen LogP contribution >= 0.6 is 15.9 Å². The minimum atomic E-state index is -0.101. The number of anilines is 1. The van der Waals surface area contributed by atoms with Crippen LogP contribution in [0.1, 0.15) is 12.3 Å². The van der Waals surface area contributed by atoms with E-state index in [-0.39, 0.29) is 12.3 Å². The molecule has 2 aromatic carbocycles. The van der Waals surface area contributed by atoms with E-state index in [9.17, 15) is 4.79 Å². The third-order valence-corrected chi connectivity index (χ3v) is 4.08. The summed E-state index contributed by atoms with van der Waals surface area (Å²) in [4.78, 5) is 16.3. The zero-order valence-electron chi connectivity index (χ0n) is 13.7. The number of hydrogen-bond donors (Lipinski definition) is 1. The van der Waals surface area contributed by atoms with Gasteiger partial charge in [0.2, 0.25) is 5.91 Å². The van der Waals surface area contributed by atoms with Gasteiger partial charge >= 0.3 is 0 Å². The summed E-state index contributed by atoms with van der Waals surface area (Å²) in [6.45, 7) is 0. The molecule has 0 saturated carbocycles. The molecule has 0 saturated heterocycles. The highest BCUT2D eigenvalue weighted by Crippen LogP contribution is 2.24. The second-order valence-corrected chi connectivity index (χ2v) is 6.32. The van der Waals surface area contributed by atoms with Crippen LogP contribution < -0.4 is 10.1 Å².